The Morgan fingerprint density at radius 3 is 2.92 bits per heavy atom. The lowest BCUT2D eigenvalue weighted by atomic mass is 10.0. The van der Waals surface area contributed by atoms with Crippen molar-refractivity contribution < 1.29 is 13.9 Å². The molecule has 2 atom stereocenters. The first-order chi connectivity index (χ1) is 12.0. The molecule has 1 amide bonds. The molecule has 0 aliphatic carbocycles. The van der Waals surface area contributed by atoms with Crippen LogP contribution in [0.1, 0.15) is 30.1 Å². The van der Waals surface area contributed by atoms with Crippen LogP contribution in [0.5, 0.6) is 5.75 Å². The van der Waals surface area contributed by atoms with Gasteiger partial charge in [-0.05, 0) is 56.6 Å². The minimum Gasteiger partial charge on any atom is -0.490 e. The third kappa shape index (κ3) is 4.71. The van der Waals surface area contributed by atoms with Crippen LogP contribution in [0.25, 0.3) is 0 Å². The summed E-state index contributed by atoms with van der Waals surface area (Å²) < 4.78 is 19.1. The van der Waals surface area contributed by atoms with Crippen molar-refractivity contribution in [1.29, 1.82) is 0 Å². The zero-order valence-corrected chi connectivity index (χ0v) is 14.6. The summed E-state index contributed by atoms with van der Waals surface area (Å²) in [6.45, 7) is 3.07. The molecule has 6 heteroatoms. The minimum absolute atomic E-state index is 0.0774. The quantitative estimate of drug-likeness (QED) is 0.854. The molecule has 132 valence electrons. The van der Waals surface area contributed by atoms with Crippen molar-refractivity contribution in [2.45, 2.75) is 31.9 Å². The maximum absolute atomic E-state index is 13.1. The van der Waals surface area contributed by atoms with E-state index in [9.17, 15) is 9.18 Å². The highest BCUT2D eigenvalue weighted by atomic mass is 35.5. The molecule has 0 saturated carbocycles. The molecule has 1 aliphatic rings. The van der Waals surface area contributed by atoms with Crippen molar-refractivity contribution in [2.75, 3.05) is 11.9 Å². The normalized spacial score (nSPS) is 20.1. The van der Waals surface area contributed by atoms with Gasteiger partial charge in [-0.3, -0.25) is 4.79 Å². The van der Waals surface area contributed by atoms with E-state index in [-0.39, 0.29) is 16.7 Å². The molecule has 0 bridgehead atoms. The summed E-state index contributed by atoms with van der Waals surface area (Å²) in [7, 11) is 0. The van der Waals surface area contributed by atoms with Gasteiger partial charge in [0.15, 0.2) is 0 Å². The number of amides is 1. The third-order valence-corrected chi connectivity index (χ3v) is 4.46. The molecule has 1 heterocycles. The standard InChI is InChI=1S/C19H20ClFN2O2/c1-12-9-16(7-8-22-12)25-15-4-2-3-14(11-15)23-19(24)17-6-5-13(21)10-18(17)20/h2-6,10-12,16,22H,7-9H2,1H3,(H,23,24)/t12-,16?/m0/s1. The zero-order chi connectivity index (χ0) is 17.8. The number of halogens is 2. The van der Waals surface area contributed by atoms with Crippen LogP contribution in [0.15, 0.2) is 42.5 Å². The van der Waals surface area contributed by atoms with Gasteiger partial charge in [-0.15, -0.1) is 0 Å². The summed E-state index contributed by atoms with van der Waals surface area (Å²) in [5.41, 5.74) is 0.825. The second-order valence-corrected chi connectivity index (χ2v) is 6.63. The molecule has 2 aromatic rings. The zero-order valence-electron chi connectivity index (χ0n) is 13.9. The molecular formula is C19H20ClFN2O2. The Hall–Kier alpha value is -2.11. The van der Waals surface area contributed by atoms with Gasteiger partial charge in [0.25, 0.3) is 5.91 Å². The van der Waals surface area contributed by atoms with Crippen LogP contribution in [-0.4, -0.2) is 24.6 Å². The number of nitrogens with one attached hydrogen (secondary N) is 2. The molecular weight excluding hydrogens is 343 g/mol. The van der Waals surface area contributed by atoms with Gasteiger partial charge in [-0.2, -0.15) is 0 Å². The molecule has 0 aromatic heterocycles. The van der Waals surface area contributed by atoms with E-state index in [1.165, 1.54) is 12.1 Å². The van der Waals surface area contributed by atoms with Gasteiger partial charge < -0.3 is 15.4 Å². The topological polar surface area (TPSA) is 50.4 Å². The van der Waals surface area contributed by atoms with Crippen molar-refractivity contribution in [2.24, 2.45) is 0 Å². The predicted molar refractivity (Wildman–Crippen MR) is 96.9 cm³/mol. The summed E-state index contributed by atoms with van der Waals surface area (Å²) >= 11 is 5.93. The number of hydrogen-bond donors (Lipinski definition) is 2. The lowest BCUT2D eigenvalue weighted by Gasteiger charge is -2.28. The summed E-state index contributed by atoms with van der Waals surface area (Å²) in [6, 6.07) is 11.4. The molecule has 2 aromatic carbocycles. The summed E-state index contributed by atoms with van der Waals surface area (Å²) in [5.74, 6) is -0.159. The molecule has 1 aliphatic heterocycles. The van der Waals surface area contributed by atoms with Gasteiger partial charge >= 0.3 is 0 Å². The maximum atomic E-state index is 13.1. The van der Waals surface area contributed by atoms with Crippen molar-refractivity contribution in [1.82, 2.24) is 5.32 Å². The van der Waals surface area contributed by atoms with Gasteiger partial charge in [-0.25, -0.2) is 4.39 Å². The Bertz CT molecular complexity index is 769. The Morgan fingerprint density at radius 2 is 2.16 bits per heavy atom. The summed E-state index contributed by atoms with van der Waals surface area (Å²) in [4.78, 5) is 12.3. The predicted octanol–water partition coefficient (Wildman–Crippen LogP) is 4.25. The lowest BCUT2D eigenvalue weighted by molar-refractivity contribution is 0.102. The number of ether oxygens (including phenoxy) is 1. The molecule has 0 radical (unpaired) electrons. The molecule has 1 fully saturated rings. The Kier molecular flexibility index (Phi) is 5.56. The van der Waals surface area contributed by atoms with Crippen LogP contribution in [0.4, 0.5) is 10.1 Å². The Labute approximate surface area is 151 Å². The fourth-order valence-corrected chi connectivity index (χ4v) is 3.16. The fourth-order valence-electron chi connectivity index (χ4n) is 2.90. The number of carbonyl (C=O) groups excluding carboxylic acids is 1. The molecule has 0 spiro atoms. The van der Waals surface area contributed by atoms with Crippen LogP contribution in [0.2, 0.25) is 5.02 Å². The molecule has 2 N–H and O–H groups in total. The van der Waals surface area contributed by atoms with Crippen LogP contribution in [0.3, 0.4) is 0 Å². The number of piperidine rings is 1. The number of rotatable bonds is 4. The van der Waals surface area contributed by atoms with Gasteiger partial charge in [0.2, 0.25) is 0 Å². The van der Waals surface area contributed by atoms with Crippen molar-refractivity contribution >= 4 is 23.2 Å². The summed E-state index contributed by atoms with van der Waals surface area (Å²) in [6.07, 6.45) is 2.06. The van der Waals surface area contributed by atoms with Gasteiger partial charge in [0, 0.05) is 17.8 Å². The highest BCUT2D eigenvalue weighted by Gasteiger charge is 2.20. The van der Waals surface area contributed by atoms with E-state index in [4.69, 9.17) is 16.3 Å². The molecule has 1 unspecified atom stereocenters. The first kappa shape index (κ1) is 17.7. The van der Waals surface area contributed by atoms with E-state index in [0.29, 0.717) is 17.5 Å². The number of anilines is 1. The Balaban J connectivity index is 1.67. The average molecular weight is 363 g/mol. The minimum atomic E-state index is -0.479. The highest BCUT2D eigenvalue weighted by Crippen LogP contribution is 2.24. The molecule has 1 saturated heterocycles. The number of benzene rings is 2. The van der Waals surface area contributed by atoms with Crippen molar-refractivity contribution in [3.8, 4) is 5.75 Å². The second kappa shape index (κ2) is 7.85. The number of carbonyl (C=O) groups is 1. The largest absolute Gasteiger partial charge is 0.490 e. The first-order valence-corrected chi connectivity index (χ1v) is 8.65. The van der Waals surface area contributed by atoms with Gasteiger partial charge in [0.05, 0.1) is 10.6 Å². The first-order valence-electron chi connectivity index (χ1n) is 8.28. The van der Waals surface area contributed by atoms with Crippen LogP contribution in [0, 0.1) is 5.82 Å². The molecule has 4 nitrogen and oxygen atoms in total. The monoisotopic (exact) mass is 362 g/mol. The van der Waals surface area contributed by atoms with E-state index in [0.717, 1.165) is 25.5 Å². The molecule has 25 heavy (non-hydrogen) atoms. The molecule has 3 rings (SSSR count). The van der Waals surface area contributed by atoms with Gasteiger partial charge in [0.1, 0.15) is 17.7 Å². The van der Waals surface area contributed by atoms with E-state index in [2.05, 4.69) is 17.6 Å². The lowest BCUT2D eigenvalue weighted by Crippen LogP contribution is -2.40. The van der Waals surface area contributed by atoms with E-state index < -0.39 is 11.7 Å². The average Bonchev–Trinajstić information content (AvgIpc) is 2.55. The van der Waals surface area contributed by atoms with Crippen molar-refractivity contribution in [3.05, 3.63) is 58.9 Å². The van der Waals surface area contributed by atoms with E-state index in [1.54, 1.807) is 12.1 Å². The van der Waals surface area contributed by atoms with Crippen LogP contribution < -0.4 is 15.4 Å². The summed E-state index contributed by atoms with van der Waals surface area (Å²) in [5, 5.41) is 6.23. The van der Waals surface area contributed by atoms with E-state index >= 15 is 0 Å². The van der Waals surface area contributed by atoms with Crippen LogP contribution >= 0.6 is 11.6 Å². The van der Waals surface area contributed by atoms with Crippen molar-refractivity contribution in [3.63, 3.8) is 0 Å². The smallest absolute Gasteiger partial charge is 0.257 e. The van der Waals surface area contributed by atoms with Gasteiger partial charge in [-0.1, -0.05) is 17.7 Å². The number of hydrogen-bond acceptors (Lipinski definition) is 3. The maximum Gasteiger partial charge on any atom is 0.257 e. The Morgan fingerprint density at radius 1 is 1.32 bits per heavy atom. The van der Waals surface area contributed by atoms with Crippen LogP contribution in [-0.2, 0) is 0 Å². The third-order valence-electron chi connectivity index (χ3n) is 4.15. The highest BCUT2D eigenvalue weighted by molar-refractivity contribution is 6.34. The SMILES string of the molecule is C[C@H]1CC(Oc2cccc(NC(=O)c3ccc(F)cc3Cl)c2)CCN1. The van der Waals surface area contributed by atoms with E-state index in [1.807, 2.05) is 12.1 Å². The second-order valence-electron chi connectivity index (χ2n) is 6.23. The fraction of sp³-hybridized carbons (Fsp3) is 0.316.